The van der Waals surface area contributed by atoms with Crippen molar-refractivity contribution in [3.05, 3.63) is 42.5 Å². The maximum atomic E-state index is 11.4. The number of phenols is 1. The fourth-order valence-corrected chi connectivity index (χ4v) is 1.31. The summed E-state index contributed by atoms with van der Waals surface area (Å²) in [6.07, 6.45) is 1.29. The Morgan fingerprint density at radius 1 is 1.47 bits per heavy atom. The Balaban J connectivity index is 2.84. The largest absolute Gasteiger partial charge is 0.508 e. The van der Waals surface area contributed by atoms with Crippen LogP contribution in [0.2, 0.25) is 0 Å². The highest BCUT2D eigenvalue weighted by atomic mass is 16.3. The fraction of sp³-hybridized carbons (Fsp3) is 0.250. The van der Waals surface area contributed by atoms with Crippen molar-refractivity contribution in [3.63, 3.8) is 0 Å². The Kier molecular flexibility index (Phi) is 3.50. The number of phenolic OH excluding ortho intramolecular Hbond substituents is 1. The van der Waals surface area contributed by atoms with Crippen LogP contribution in [-0.4, -0.2) is 23.0 Å². The molecule has 1 aromatic rings. The Morgan fingerprint density at radius 2 is 2.00 bits per heavy atom. The number of benzene rings is 1. The van der Waals surface area contributed by atoms with E-state index >= 15 is 0 Å². The lowest BCUT2D eigenvalue weighted by molar-refractivity contribution is -0.126. The lowest BCUT2D eigenvalue weighted by Crippen LogP contribution is -2.27. The molecular formula is C12H15NO2. The molecule has 3 nitrogen and oxygen atoms in total. The van der Waals surface area contributed by atoms with Gasteiger partial charge in [0.1, 0.15) is 5.75 Å². The van der Waals surface area contributed by atoms with E-state index in [2.05, 4.69) is 6.58 Å². The SMILES string of the molecule is C=CC(=O)N(C)C(C)c1ccc(O)cc1. The predicted octanol–water partition coefficient (Wildman–Crippen LogP) is 2.10. The molecule has 0 aliphatic carbocycles. The normalized spacial score (nSPS) is 11.9. The van der Waals surface area contributed by atoms with Crippen LogP contribution in [0.5, 0.6) is 5.75 Å². The molecule has 0 radical (unpaired) electrons. The summed E-state index contributed by atoms with van der Waals surface area (Å²) in [5.74, 6) is 0.110. The van der Waals surface area contributed by atoms with Crippen molar-refractivity contribution >= 4 is 5.91 Å². The second-order valence-electron chi connectivity index (χ2n) is 3.42. The van der Waals surface area contributed by atoms with Gasteiger partial charge in [0.15, 0.2) is 0 Å². The number of aromatic hydroxyl groups is 1. The zero-order valence-corrected chi connectivity index (χ0v) is 8.97. The van der Waals surface area contributed by atoms with Gasteiger partial charge in [-0.3, -0.25) is 4.79 Å². The van der Waals surface area contributed by atoms with E-state index in [1.165, 1.54) is 6.08 Å². The highest BCUT2D eigenvalue weighted by Gasteiger charge is 2.14. The second kappa shape index (κ2) is 4.64. The van der Waals surface area contributed by atoms with Crippen molar-refractivity contribution in [2.75, 3.05) is 7.05 Å². The molecule has 0 saturated heterocycles. The van der Waals surface area contributed by atoms with Crippen molar-refractivity contribution in [1.29, 1.82) is 0 Å². The molecule has 3 heteroatoms. The maximum absolute atomic E-state index is 11.4. The first-order valence-corrected chi connectivity index (χ1v) is 4.74. The molecule has 1 unspecified atom stereocenters. The molecule has 15 heavy (non-hydrogen) atoms. The lowest BCUT2D eigenvalue weighted by atomic mass is 10.1. The van der Waals surface area contributed by atoms with Crippen LogP contribution in [-0.2, 0) is 4.79 Å². The number of carbonyl (C=O) groups is 1. The summed E-state index contributed by atoms with van der Waals surface area (Å²) < 4.78 is 0. The van der Waals surface area contributed by atoms with Gasteiger partial charge >= 0.3 is 0 Å². The van der Waals surface area contributed by atoms with Gasteiger partial charge in [0.25, 0.3) is 0 Å². The van der Waals surface area contributed by atoms with E-state index in [0.29, 0.717) is 0 Å². The molecule has 0 fully saturated rings. The first-order chi connectivity index (χ1) is 7.06. The van der Waals surface area contributed by atoms with Crippen molar-refractivity contribution in [3.8, 4) is 5.75 Å². The van der Waals surface area contributed by atoms with Crippen LogP contribution in [0.4, 0.5) is 0 Å². The number of hydrogen-bond acceptors (Lipinski definition) is 2. The summed E-state index contributed by atoms with van der Waals surface area (Å²) in [4.78, 5) is 12.9. The molecule has 1 amide bonds. The Hall–Kier alpha value is -1.77. The van der Waals surface area contributed by atoms with Gasteiger partial charge in [0, 0.05) is 7.05 Å². The quantitative estimate of drug-likeness (QED) is 0.768. The molecule has 1 rings (SSSR count). The van der Waals surface area contributed by atoms with Gasteiger partial charge in [-0.25, -0.2) is 0 Å². The van der Waals surface area contributed by atoms with E-state index in [0.717, 1.165) is 5.56 Å². The zero-order chi connectivity index (χ0) is 11.4. The summed E-state index contributed by atoms with van der Waals surface area (Å²) in [5.41, 5.74) is 0.977. The minimum absolute atomic E-state index is 0.0314. The highest BCUT2D eigenvalue weighted by Crippen LogP contribution is 2.21. The van der Waals surface area contributed by atoms with Crippen molar-refractivity contribution in [1.82, 2.24) is 4.90 Å². The molecule has 1 N–H and O–H groups in total. The minimum Gasteiger partial charge on any atom is -0.508 e. The Bertz CT molecular complexity index is 356. The standard InChI is InChI=1S/C12H15NO2/c1-4-12(15)13(3)9(2)10-5-7-11(14)8-6-10/h4-9,14H,1H2,2-3H3. The third-order valence-corrected chi connectivity index (χ3v) is 2.48. The molecule has 0 aliphatic rings. The van der Waals surface area contributed by atoms with Crippen LogP contribution in [0.15, 0.2) is 36.9 Å². The van der Waals surface area contributed by atoms with Gasteiger partial charge in [-0.05, 0) is 30.7 Å². The molecule has 1 atom stereocenters. The topological polar surface area (TPSA) is 40.5 Å². The molecular weight excluding hydrogens is 190 g/mol. The van der Waals surface area contributed by atoms with Gasteiger partial charge in [-0.2, -0.15) is 0 Å². The van der Waals surface area contributed by atoms with Crippen molar-refractivity contribution < 1.29 is 9.90 Å². The number of likely N-dealkylation sites (N-methyl/N-ethyl adjacent to an activating group) is 1. The number of amides is 1. The van der Waals surface area contributed by atoms with Crippen LogP contribution < -0.4 is 0 Å². The van der Waals surface area contributed by atoms with Gasteiger partial charge in [-0.1, -0.05) is 18.7 Å². The first kappa shape index (κ1) is 11.3. The summed E-state index contributed by atoms with van der Waals surface area (Å²) in [6.45, 7) is 5.37. The van der Waals surface area contributed by atoms with Crippen LogP contribution in [0.25, 0.3) is 0 Å². The summed E-state index contributed by atoms with van der Waals surface area (Å²) in [5, 5.41) is 9.14. The first-order valence-electron chi connectivity index (χ1n) is 4.74. The second-order valence-corrected chi connectivity index (χ2v) is 3.42. The third kappa shape index (κ3) is 2.59. The molecule has 0 spiro atoms. The van der Waals surface area contributed by atoms with Crippen LogP contribution >= 0.6 is 0 Å². The summed E-state index contributed by atoms with van der Waals surface area (Å²) in [7, 11) is 1.72. The molecule has 0 bridgehead atoms. The van der Waals surface area contributed by atoms with Gasteiger partial charge in [0.05, 0.1) is 6.04 Å². The molecule has 0 aliphatic heterocycles. The van der Waals surface area contributed by atoms with E-state index < -0.39 is 0 Å². The van der Waals surface area contributed by atoms with Crippen molar-refractivity contribution in [2.24, 2.45) is 0 Å². The van der Waals surface area contributed by atoms with Crippen LogP contribution in [0, 0.1) is 0 Å². The van der Waals surface area contributed by atoms with Gasteiger partial charge in [0.2, 0.25) is 5.91 Å². The summed E-state index contributed by atoms with van der Waals surface area (Å²) in [6, 6.07) is 6.78. The number of nitrogens with zero attached hydrogens (tertiary/aromatic N) is 1. The highest BCUT2D eigenvalue weighted by molar-refractivity contribution is 5.87. The number of hydrogen-bond donors (Lipinski definition) is 1. The fourth-order valence-electron chi connectivity index (χ4n) is 1.31. The molecule has 0 saturated carbocycles. The van der Waals surface area contributed by atoms with E-state index in [1.807, 2.05) is 6.92 Å². The van der Waals surface area contributed by atoms with Crippen LogP contribution in [0.3, 0.4) is 0 Å². The van der Waals surface area contributed by atoms with Gasteiger partial charge < -0.3 is 10.0 Å². The third-order valence-electron chi connectivity index (χ3n) is 2.48. The smallest absolute Gasteiger partial charge is 0.246 e. The van der Waals surface area contributed by atoms with Crippen molar-refractivity contribution in [2.45, 2.75) is 13.0 Å². The molecule has 0 heterocycles. The monoisotopic (exact) mass is 205 g/mol. The van der Waals surface area contributed by atoms with E-state index in [4.69, 9.17) is 5.11 Å². The van der Waals surface area contributed by atoms with E-state index in [9.17, 15) is 4.79 Å². The average Bonchev–Trinajstić information content (AvgIpc) is 2.27. The van der Waals surface area contributed by atoms with E-state index in [1.54, 1.807) is 36.2 Å². The minimum atomic E-state index is -0.115. The van der Waals surface area contributed by atoms with Crippen LogP contribution in [0.1, 0.15) is 18.5 Å². The Labute approximate surface area is 89.6 Å². The summed E-state index contributed by atoms with van der Waals surface area (Å²) >= 11 is 0. The van der Waals surface area contributed by atoms with Gasteiger partial charge in [-0.15, -0.1) is 0 Å². The molecule has 1 aromatic carbocycles. The Morgan fingerprint density at radius 3 is 2.47 bits per heavy atom. The average molecular weight is 205 g/mol. The number of rotatable bonds is 3. The predicted molar refractivity (Wildman–Crippen MR) is 59.5 cm³/mol. The maximum Gasteiger partial charge on any atom is 0.246 e. The molecule has 80 valence electrons. The number of carbonyl (C=O) groups excluding carboxylic acids is 1. The zero-order valence-electron chi connectivity index (χ0n) is 8.97. The lowest BCUT2D eigenvalue weighted by Gasteiger charge is -2.24. The molecule has 0 aromatic heterocycles. The van der Waals surface area contributed by atoms with E-state index in [-0.39, 0.29) is 17.7 Å².